The molecule has 1 atom stereocenters. The van der Waals surface area contributed by atoms with Crippen LogP contribution in [0.1, 0.15) is 20.3 Å². The molecule has 0 aromatic rings. The van der Waals surface area contributed by atoms with Crippen LogP contribution < -0.4 is 5.73 Å². The number of nitrogens with two attached hydrogens (primary N) is 1. The summed E-state index contributed by atoms with van der Waals surface area (Å²) in [6.45, 7) is 6.69. The Balaban J connectivity index is 4.05. The van der Waals surface area contributed by atoms with Gasteiger partial charge in [-0.2, -0.15) is 0 Å². The maximum atomic E-state index is 10.9. The number of carboxylic acid groups (broad SMARTS) is 1. The Labute approximate surface area is 98.2 Å². The monoisotopic (exact) mass is 231 g/mol. The molecule has 0 fully saturated rings. The topological polar surface area (TPSA) is 69.8 Å². The molecule has 0 saturated heterocycles. The van der Waals surface area contributed by atoms with Crippen LogP contribution in [-0.2, 0) is 4.79 Å². The van der Waals surface area contributed by atoms with Crippen LogP contribution in [0.15, 0.2) is 0 Å². The van der Waals surface area contributed by atoms with Crippen molar-refractivity contribution < 1.29 is 9.90 Å². The highest BCUT2D eigenvalue weighted by atomic mass is 16.4. The highest BCUT2D eigenvalue weighted by Crippen LogP contribution is 2.04. The molecule has 96 valence electrons. The minimum absolute atomic E-state index is 0.395. The molecule has 0 aliphatic rings. The highest BCUT2D eigenvalue weighted by molar-refractivity contribution is 5.78. The molecule has 0 spiro atoms. The molecule has 1 unspecified atom stereocenters. The summed E-state index contributed by atoms with van der Waals surface area (Å²) >= 11 is 0. The van der Waals surface area contributed by atoms with Gasteiger partial charge in [0.15, 0.2) is 0 Å². The van der Waals surface area contributed by atoms with Gasteiger partial charge in [-0.1, -0.05) is 6.92 Å². The molecule has 0 rings (SSSR count). The molecule has 0 aliphatic heterocycles. The predicted molar refractivity (Wildman–Crippen MR) is 65.5 cm³/mol. The van der Waals surface area contributed by atoms with Crippen LogP contribution in [0.4, 0.5) is 0 Å². The fourth-order valence-corrected chi connectivity index (χ4v) is 1.49. The van der Waals surface area contributed by atoms with Crippen molar-refractivity contribution >= 4 is 5.97 Å². The minimum Gasteiger partial charge on any atom is -0.480 e. The number of hydrogen-bond donors (Lipinski definition) is 2. The van der Waals surface area contributed by atoms with Gasteiger partial charge in [-0.15, -0.1) is 0 Å². The summed E-state index contributed by atoms with van der Waals surface area (Å²) in [5.41, 5.74) is 4.56. The van der Waals surface area contributed by atoms with Crippen molar-refractivity contribution in [2.75, 3.05) is 40.3 Å². The second-order valence-electron chi connectivity index (χ2n) is 4.75. The molecule has 0 heterocycles. The van der Waals surface area contributed by atoms with Crippen LogP contribution >= 0.6 is 0 Å². The van der Waals surface area contributed by atoms with Gasteiger partial charge < -0.3 is 20.6 Å². The Morgan fingerprint density at radius 2 is 1.94 bits per heavy atom. The van der Waals surface area contributed by atoms with E-state index in [1.165, 1.54) is 0 Å². The zero-order valence-electron chi connectivity index (χ0n) is 10.9. The standard InChI is InChI=1S/C11H25N3O2/c1-5-14(8-6-7-13(3)4)9-11(2,12)10(15)16/h5-9,12H2,1-4H3,(H,15,16). The number of aliphatic carboxylic acids is 1. The third-order valence-corrected chi connectivity index (χ3v) is 2.57. The summed E-state index contributed by atoms with van der Waals surface area (Å²) in [6.07, 6.45) is 1.02. The van der Waals surface area contributed by atoms with Crippen LogP contribution in [0.2, 0.25) is 0 Å². The lowest BCUT2D eigenvalue weighted by Crippen LogP contribution is -2.54. The fraction of sp³-hybridized carbons (Fsp3) is 0.909. The van der Waals surface area contributed by atoms with E-state index < -0.39 is 11.5 Å². The molecule has 0 radical (unpaired) electrons. The molecule has 0 aromatic heterocycles. The maximum Gasteiger partial charge on any atom is 0.324 e. The van der Waals surface area contributed by atoms with Gasteiger partial charge in [0.2, 0.25) is 0 Å². The third kappa shape index (κ3) is 6.05. The number of hydrogen-bond acceptors (Lipinski definition) is 4. The molecule has 0 amide bonds. The van der Waals surface area contributed by atoms with E-state index in [9.17, 15) is 4.79 Å². The van der Waals surface area contributed by atoms with Crippen molar-refractivity contribution in [3.05, 3.63) is 0 Å². The number of rotatable bonds is 8. The van der Waals surface area contributed by atoms with E-state index in [1.54, 1.807) is 6.92 Å². The second kappa shape index (κ2) is 6.83. The average molecular weight is 231 g/mol. The predicted octanol–water partition coefficient (Wildman–Crippen LogP) is 0.0620. The summed E-state index contributed by atoms with van der Waals surface area (Å²) in [7, 11) is 4.06. The first-order valence-electron chi connectivity index (χ1n) is 5.69. The van der Waals surface area contributed by atoms with E-state index in [2.05, 4.69) is 9.80 Å². The molecular formula is C11H25N3O2. The Morgan fingerprint density at radius 1 is 1.38 bits per heavy atom. The van der Waals surface area contributed by atoms with Gasteiger partial charge in [-0.05, 0) is 47.1 Å². The molecule has 16 heavy (non-hydrogen) atoms. The highest BCUT2D eigenvalue weighted by Gasteiger charge is 2.29. The maximum absolute atomic E-state index is 10.9. The van der Waals surface area contributed by atoms with Crippen LogP contribution in [0.25, 0.3) is 0 Å². The van der Waals surface area contributed by atoms with Crippen molar-refractivity contribution in [3.8, 4) is 0 Å². The summed E-state index contributed by atoms with van der Waals surface area (Å²) in [5.74, 6) is -0.946. The van der Waals surface area contributed by atoms with Gasteiger partial charge in [0.1, 0.15) is 5.54 Å². The van der Waals surface area contributed by atoms with Gasteiger partial charge in [-0.3, -0.25) is 4.79 Å². The lowest BCUT2D eigenvalue weighted by atomic mass is 10.0. The Bertz CT molecular complexity index is 217. The summed E-state index contributed by atoms with van der Waals surface area (Å²) < 4.78 is 0. The molecule has 0 aliphatic carbocycles. The van der Waals surface area contributed by atoms with Gasteiger partial charge in [-0.25, -0.2) is 0 Å². The molecule has 5 nitrogen and oxygen atoms in total. The van der Waals surface area contributed by atoms with Gasteiger partial charge >= 0.3 is 5.97 Å². The number of nitrogens with zero attached hydrogens (tertiary/aromatic N) is 2. The summed E-state index contributed by atoms with van der Waals surface area (Å²) in [4.78, 5) is 15.1. The van der Waals surface area contributed by atoms with E-state index in [0.29, 0.717) is 6.54 Å². The fourth-order valence-electron chi connectivity index (χ4n) is 1.49. The first kappa shape index (κ1) is 15.3. The van der Waals surface area contributed by atoms with E-state index in [0.717, 1.165) is 26.1 Å². The third-order valence-electron chi connectivity index (χ3n) is 2.57. The van der Waals surface area contributed by atoms with Crippen LogP contribution in [0.3, 0.4) is 0 Å². The SMILES string of the molecule is CCN(CCCN(C)C)CC(C)(N)C(=O)O. The van der Waals surface area contributed by atoms with Crippen molar-refractivity contribution in [1.82, 2.24) is 9.80 Å². The molecular weight excluding hydrogens is 206 g/mol. The minimum atomic E-state index is -1.16. The quantitative estimate of drug-likeness (QED) is 0.618. The zero-order valence-corrected chi connectivity index (χ0v) is 10.9. The zero-order chi connectivity index (χ0) is 12.8. The summed E-state index contributed by atoms with van der Waals surface area (Å²) in [6, 6.07) is 0. The lowest BCUT2D eigenvalue weighted by molar-refractivity contribution is -0.143. The van der Waals surface area contributed by atoms with Gasteiger partial charge in [0.25, 0.3) is 0 Å². The number of carbonyl (C=O) groups is 1. The number of likely N-dealkylation sites (N-methyl/N-ethyl adjacent to an activating group) is 1. The first-order valence-corrected chi connectivity index (χ1v) is 5.69. The Hall–Kier alpha value is -0.650. The van der Waals surface area contributed by atoms with Crippen molar-refractivity contribution in [3.63, 3.8) is 0 Å². The van der Waals surface area contributed by atoms with Crippen molar-refractivity contribution in [1.29, 1.82) is 0 Å². The van der Waals surface area contributed by atoms with E-state index in [4.69, 9.17) is 10.8 Å². The van der Waals surface area contributed by atoms with Gasteiger partial charge in [0, 0.05) is 6.54 Å². The Kier molecular flexibility index (Phi) is 6.55. The summed E-state index contributed by atoms with van der Waals surface area (Å²) in [5, 5.41) is 8.94. The largest absolute Gasteiger partial charge is 0.480 e. The normalized spacial score (nSPS) is 15.4. The van der Waals surface area contributed by atoms with Crippen LogP contribution in [-0.4, -0.2) is 66.7 Å². The average Bonchev–Trinajstić information content (AvgIpc) is 2.15. The lowest BCUT2D eigenvalue weighted by Gasteiger charge is -2.28. The number of carboxylic acids is 1. The van der Waals surface area contributed by atoms with E-state index >= 15 is 0 Å². The molecule has 3 N–H and O–H groups in total. The van der Waals surface area contributed by atoms with Crippen molar-refractivity contribution in [2.45, 2.75) is 25.8 Å². The second-order valence-corrected chi connectivity index (χ2v) is 4.75. The van der Waals surface area contributed by atoms with E-state index in [1.807, 2.05) is 21.0 Å². The smallest absolute Gasteiger partial charge is 0.324 e. The first-order chi connectivity index (χ1) is 7.29. The van der Waals surface area contributed by atoms with Crippen molar-refractivity contribution in [2.24, 2.45) is 5.73 Å². The van der Waals surface area contributed by atoms with Crippen LogP contribution in [0, 0.1) is 0 Å². The molecule has 5 heteroatoms. The van der Waals surface area contributed by atoms with Gasteiger partial charge in [0.05, 0.1) is 0 Å². The molecule has 0 bridgehead atoms. The molecule has 0 aromatic carbocycles. The Morgan fingerprint density at radius 3 is 2.31 bits per heavy atom. The van der Waals surface area contributed by atoms with E-state index in [-0.39, 0.29) is 0 Å². The van der Waals surface area contributed by atoms with Crippen LogP contribution in [0.5, 0.6) is 0 Å². The molecule has 0 saturated carbocycles.